The van der Waals surface area contributed by atoms with Crippen molar-refractivity contribution < 1.29 is 13.2 Å². The highest BCUT2D eigenvalue weighted by Gasteiger charge is 2.31. The summed E-state index contributed by atoms with van der Waals surface area (Å²) < 4.78 is 39.1. The van der Waals surface area contributed by atoms with Crippen LogP contribution in [0.3, 0.4) is 0 Å². The van der Waals surface area contributed by atoms with Crippen LogP contribution >= 0.6 is 11.6 Å². The number of nitrogens with one attached hydrogen (secondary N) is 2. The number of hydrogen-bond donors (Lipinski definition) is 2. The second-order valence-corrected chi connectivity index (χ2v) is 6.60. The highest BCUT2D eigenvalue weighted by atomic mass is 35.5. The van der Waals surface area contributed by atoms with Gasteiger partial charge in [-0.05, 0) is 30.7 Å². The van der Waals surface area contributed by atoms with E-state index < -0.39 is 23.0 Å². The fourth-order valence-electron chi connectivity index (χ4n) is 2.48. The number of H-pyrrole nitrogens is 1. The van der Waals surface area contributed by atoms with Crippen LogP contribution in [0, 0.1) is 11.3 Å². The van der Waals surface area contributed by atoms with Crippen molar-refractivity contribution in [1.82, 2.24) is 14.5 Å². The Hall–Kier alpha value is -3.91. The third kappa shape index (κ3) is 4.81. The second-order valence-electron chi connectivity index (χ2n) is 6.19. The molecule has 0 radical (unpaired) electrons. The maximum absolute atomic E-state index is 12.7. The number of pyridine rings is 1. The summed E-state index contributed by atoms with van der Waals surface area (Å²) in [7, 11) is 0. The van der Waals surface area contributed by atoms with E-state index in [1.807, 2.05) is 0 Å². The Morgan fingerprint density at radius 2 is 1.97 bits per heavy atom. The van der Waals surface area contributed by atoms with Crippen LogP contribution in [-0.2, 0) is 6.18 Å². The van der Waals surface area contributed by atoms with Crippen LogP contribution in [-0.4, -0.2) is 20.2 Å². The molecule has 2 N–H and O–H groups in total. The number of alkyl halides is 3. The summed E-state index contributed by atoms with van der Waals surface area (Å²) >= 11 is 5.83. The molecule has 0 amide bonds. The maximum atomic E-state index is 12.7. The lowest BCUT2D eigenvalue weighted by Crippen LogP contribution is -2.30. The molecule has 158 valence electrons. The number of aromatic nitrogens is 3. The molecule has 0 unspecified atom stereocenters. The van der Waals surface area contributed by atoms with Crippen molar-refractivity contribution in [3.63, 3.8) is 0 Å². The van der Waals surface area contributed by atoms with E-state index in [1.54, 1.807) is 37.3 Å². The van der Waals surface area contributed by atoms with E-state index in [9.17, 15) is 22.8 Å². The number of hydrazone groups is 1. The largest absolute Gasteiger partial charge is 0.417 e. The standard InChI is InChI=1S/C19H12ClF3N6O2/c1-10(27-28-16-15(20)6-13(8-25-16)19(21,22)23)11-2-4-14(5-3-11)29-9-12(7-24)17(30)26-18(29)31/h2-6,8-9H,1H3,(H,25,28)(H,26,30,31)/b27-10+. The van der Waals surface area contributed by atoms with Crippen molar-refractivity contribution in [2.75, 3.05) is 5.43 Å². The molecule has 2 heterocycles. The SMILES string of the molecule is C/C(=N\Nc1ncc(C(F)(F)F)cc1Cl)c1ccc(-n2cc(C#N)c(=O)[nH]c2=O)cc1. The van der Waals surface area contributed by atoms with Gasteiger partial charge in [0.15, 0.2) is 5.82 Å². The van der Waals surface area contributed by atoms with Crippen molar-refractivity contribution in [1.29, 1.82) is 5.26 Å². The molecule has 31 heavy (non-hydrogen) atoms. The van der Waals surface area contributed by atoms with Gasteiger partial charge in [-0.2, -0.15) is 23.5 Å². The Kier molecular flexibility index (Phi) is 5.94. The van der Waals surface area contributed by atoms with Crippen molar-refractivity contribution in [3.05, 3.63) is 85.3 Å². The number of nitrogens with zero attached hydrogens (tertiary/aromatic N) is 4. The fraction of sp³-hybridized carbons (Fsp3) is 0.105. The van der Waals surface area contributed by atoms with Crippen LogP contribution in [0.15, 0.2) is 57.4 Å². The number of anilines is 1. The third-order valence-corrected chi connectivity index (χ3v) is 4.41. The topological polar surface area (TPSA) is 116 Å². The zero-order chi connectivity index (χ0) is 22.8. The Bertz CT molecular complexity index is 1320. The van der Waals surface area contributed by atoms with Crippen LogP contribution in [0.2, 0.25) is 5.02 Å². The number of halogens is 4. The normalized spacial score (nSPS) is 11.8. The Labute approximate surface area is 177 Å². The van der Waals surface area contributed by atoms with Gasteiger partial charge in [0.05, 0.1) is 22.0 Å². The van der Waals surface area contributed by atoms with Gasteiger partial charge >= 0.3 is 11.9 Å². The van der Waals surface area contributed by atoms with Crippen molar-refractivity contribution in [2.24, 2.45) is 5.10 Å². The van der Waals surface area contributed by atoms with E-state index in [0.717, 1.165) is 16.8 Å². The minimum Gasteiger partial charge on any atom is -0.273 e. The first-order chi connectivity index (χ1) is 14.6. The summed E-state index contributed by atoms with van der Waals surface area (Å²) in [5, 5.41) is 12.8. The molecule has 0 saturated heterocycles. The molecule has 0 aliphatic rings. The summed E-state index contributed by atoms with van der Waals surface area (Å²) in [4.78, 5) is 29.2. The van der Waals surface area contributed by atoms with E-state index in [0.29, 0.717) is 23.2 Å². The van der Waals surface area contributed by atoms with Crippen LogP contribution in [0.1, 0.15) is 23.6 Å². The number of rotatable bonds is 4. The van der Waals surface area contributed by atoms with Gasteiger partial charge < -0.3 is 0 Å². The molecule has 12 heteroatoms. The van der Waals surface area contributed by atoms with Gasteiger partial charge in [-0.3, -0.25) is 19.8 Å². The van der Waals surface area contributed by atoms with Gasteiger partial charge in [0, 0.05) is 12.4 Å². The first kappa shape index (κ1) is 21.8. The summed E-state index contributed by atoms with van der Waals surface area (Å²) in [6, 6.07) is 8.83. The van der Waals surface area contributed by atoms with Crippen molar-refractivity contribution in [2.45, 2.75) is 13.1 Å². The van der Waals surface area contributed by atoms with E-state index >= 15 is 0 Å². The molecule has 0 spiro atoms. The summed E-state index contributed by atoms with van der Waals surface area (Å²) in [6.07, 6.45) is -2.78. The average molecular weight is 449 g/mol. The number of nitriles is 1. The zero-order valence-electron chi connectivity index (χ0n) is 15.7. The Morgan fingerprint density at radius 1 is 1.29 bits per heavy atom. The highest BCUT2D eigenvalue weighted by molar-refractivity contribution is 6.33. The van der Waals surface area contributed by atoms with Crippen LogP contribution < -0.4 is 16.7 Å². The molecular formula is C19H12ClF3N6O2. The van der Waals surface area contributed by atoms with E-state index in [2.05, 4.69) is 20.5 Å². The van der Waals surface area contributed by atoms with Gasteiger partial charge in [-0.25, -0.2) is 9.78 Å². The molecule has 0 bridgehead atoms. The van der Waals surface area contributed by atoms with Gasteiger partial charge in [0.2, 0.25) is 0 Å². The van der Waals surface area contributed by atoms with Crippen LogP contribution in [0.25, 0.3) is 5.69 Å². The fourth-order valence-corrected chi connectivity index (χ4v) is 2.69. The second kappa shape index (κ2) is 8.45. The van der Waals surface area contributed by atoms with Gasteiger partial charge in [0.25, 0.3) is 5.56 Å². The van der Waals surface area contributed by atoms with Gasteiger partial charge in [0.1, 0.15) is 11.6 Å². The Balaban J connectivity index is 1.82. The molecule has 0 atom stereocenters. The molecule has 0 aliphatic heterocycles. The lowest BCUT2D eigenvalue weighted by molar-refractivity contribution is -0.137. The highest BCUT2D eigenvalue weighted by Crippen LogP contribution is 2.32. The predicted octanol–water partition coefficient (Wildman–Crippen LogP) is 3.30. The molecule has 0 fully saturated rings. The van der Waals surface area contributed by atoms with Gasteiger partial charge in [-0.15, -0.1) is 0 Å². The molecule has 3 rings (SSSR count). The van der Waals surface area contributed by atoms with Crippen molar-refractivity contribution in [3.8, 4) is 11.8 Å². The number of aromatic amines is 1. The molecular weight excluding hydrogens is 437 g/mol. The van der Waals surface area contributed by atoms with E-state index in [-0.39, 0.29) is 16.4 Å². The Morgan fingerprint density at radius 3 is 2.55 bits per heavy atom. The average Bonchev–Trinajstić information content (AvgIpc) is 2.72. The molecule has 8 nitrogen and oxygen atoms in total. The summed E-state index contributed by atoms with van der Waals surface area (Å²) in [5.41, 5.74) is 1.32. The minimum absolute atomic E-state index is 0.0468. The molecule has 0 aliphatic carbocycles. The van der Waals surface area contributed by atoms with Crippen LogP contribution in [0.4, 0.5) is 19.0 Å². The quantitative estimate of drug-likeness (QED) is 0.469. The zero-order valence-corrected chi connectivity index (χ0v) is 16.4. The minimum atomic E-state index is -4.56. The summed E-state index contributed by atoms with van der Waals surface area (Å²) in [6.45, 7) is 1.64. The number of benzene rings is 1. The summed E-state index contributed by atoms with van der Waals surface area (Å²) in [5.74, 6) is -0.0468. The van der Waals surface area contributed by atoms with E-state index in [4.69, 9.17) is 16.9 Å². The maximum Gasteiger partial charge on any atom is 0.417 e. The first-order valence-electron chi connectivity index (χ1n) is 8.50. The predicted molar refractivity (Wildman–Crippen MR) is 107 cm³/mol. The van der Waals surface area contributed by atoms with E-state index in [1.165, 1.54) is 0 Å². The van der Waals surface area contributed by atoms with Crippen molar-refractivity contribution >= 4 is 23.1 Å². The number of hydrogen-bond acceptors (Lipinski definition) is 6. The molecule has 2 aromatic heterocycles. The monoisotopic (exact) mass is 448 g/mol. The van der Waals surface area contributed by atoms with Crippen LogP contribution in [0.5, 0.6) is 0 Å². The first-order valence-corrected chi connectivity index (χ1v) is 8.88. The lowest BCUT2D eigenvalue weighted by Gasteiger charge is -2.09. The molecule has 3 aromatic rings. The smallest absolute Gasteiger partial charge is 0.273 e. The van der Waals surface area contributed by atoms with Gasteiger partial charge in [-0.1, -0.05) is 23.7 Å². The third-order valence-electron chi connectivity index (χ3n) is 4.12. The molecule has 1 aromatic carbocycles. The molecule has 0 saturated carbocycles. The lowest BCUT2D eigenvalue weighted by atomic mass is 10.1.